The number of hydrogen-bond acceptors (Lipinski definition) is 8. The van der Waals surface area contributed by atoms with Crippen LogP contribution in [0.15, 0.2) is 0 Å². The number of Topliss-reactive ketones (excluding diaryl/α,β-unsaturated/α-hetero) is 2. The number of ketones is 2. The molecule has 0 saturated heterocycles. The third kappa shape index (κ3) is 25.1. The maximum absolute atomic E-state index is 10.9. The molecule has 0 unspecified atom stereocenters. The topological polar surface area (TPSA) is 105 Å². The number of rotatable bonds is 14. The Balaban J connectivity index is -0.000000411. The third-order valence-electron chi connectivity index (χ3n) is 2.62. The summed E-state index contributed by atoms with van der Waals surface area (Å²) in [5.74, 6) is -1.42. The largest absolute Gasteiger partial charge is 0.349 e. The monoisotopic (exact) mass is 556 g/mol. The van der Waals surface area contributed by atoms with Crippen LogP contribution in [0.1, 0.15) is 79.1 Å². The van der Waals surface area contributed by atoms with Gasteiger partial charge < -0.3 is 0 Å². The van der Waals surface area contributed by atoms with E-state index in [-0.39, 0.29) is 50.3 Å². The normalized spacial score (nSPS) is 9.33. The molecular formula is C18H32HfO8. The standard InChI is InChI=1S/2C9H16O4.Hf/c2*1-3-5-8(10)7-9(11)13-12-6-4-2;/h2*3-7H2,1-2H3;. The van der Waals surface area contributed by atoms with E-state index in [1.54, 1.807) is 0 Å². The van der Waals surface area contributed by atoms with E-state index in [1.165, 1.54) is 0 Å². The fourth-order valence-electron chi connectivity index (χ4n) is 1.50. The Kier molecular flexibility index (Phi) is 26.4. The van der Waals surface area contributed by atoms with Gasteiger partial charge in [-0.25, -0.2) is 9.59 Å². The molecule has 8 nitrogen and oxygen atoms in total. The summed E-state index contributed by atoms with van der Waals surface area (Å²) < 4.78 is 0. The zero-order chi connectivity index (χ0) is 20.2. The fourth-order valence-corrected chi connectivity index (χ4v) is 1.50. The van der Waals surface area contributed by atoms with Gasteiger partial charge in [-0.05, 0) is 25.7 Å². The zero-order valence-corrected chi connectivity index (χ0v) is 20.4. The molecule has 0 aromatic heterocycles. The van der Waals surface area contributed by atoms with Crippen LogP contribution in [0.3, 0.4) is 0 Å². The number of carbonyl (C=O) groups is 4. The second kappa shape index (κ2) is 23.1. The summed E-state index contributed by atoms with van der Waals surface area (Å²) in [6.07, 6.45) is 3.52. The summed E-state index contributed by atoms with van der Waals surface area (Å²) in [4.78, 5) is 61.3. The van der Waals surface area contributed by atoms with Gasteiger partial charge in [0.1, 0.15) is 24.4 Å². The molecular weight excluding hydrogens is 523 g/mol. The van der Waals surface area contributed by atoms with Crippen molar-refractivity contribution < 1.29 is 64.6 Å². The van der Waals surface area contributed by atoms with Gasteiger partial charge in [0.25, 0.3) is 0 Å². The van der Waals surface area contributed by atoms with E-state index >= 15 is 0 Å². The predicted molar refractivity (Wildman–Crippen MR) is 93.7 cm³/mol. The number of hydrogen-bond donors (Lipinski definition) is 0. The van der Waals surface area contributed by atoms with Gasteiger partial charge in [-0.1, -0.05) is 27.7 Å². The van der Waals surface area contributed by atoms with Gasteiger partial charge in [0.05, 0.1) is 13.2 Å². The maximum Gasteiger partial charge on any atom is 0.349 e. The molecule has 0 radical (unpaired) electrons. The molecule has 0 fully saturated rings. The van der Waals surface area contributed by atoms with Gasteiger partial charge in [-0.2, -0.15) is 9.78 Å². The Morgan fingerprint density at radius 2 is 0.926 bits per heavy atom. The Morgan fingerprint density at radius 1 is 0.593 bits per heavy atom. The van der Waals surface area contributed by atoms with E-state index in [9.17, 15) is 19.2 Å². The molecule has 156 valence electrons. The molecule has 0 saturated carbocycles. The van der Waals surface area contributed by atoms with E-state index < -0.39 is 11.9 Å². The molecule has 0 rings (SSSR count). The molecule has 9 heteroatoms. The van der Waals surface area contributed by atoms with Crippen LogP contribution in [-0.4, -0.2) is 36.7 Å². The van der Waals surface area contributed by atoms with Crippen molar-refractivity contribution in [3.63, 3.8) is 0 Å². The van der Waals surface area contributed by atoms with Crippen LogP contribution in [-0.2, 0) is 64.6 Å². The van der Waals surface area contributed by atoms with Crippen LogP contribution in [0.25, 0.3) is 0 Å². The molecule has 0 N–H and O–H groups in total. The number of carbonyl (C=O) groups excluding carboxylic acids is 4. The summed E-state index contributed by atoms with van der Waals surface area (Å²) in [5.41, 5.74) is 0. The van der Waals surface area contributed by atoms with Gasteiger partial charge in [-0.3, -0.25) is 19.4 Å². The molecule has 0 aliphatic carbocycles. The smallest absolute Gasteiger partial charge is 0.299 e. The van der Waals surface area contributed by atoms with E-state index in [0.717, 1.165) is 25.7 Å². The van der Waals surface area contributed by atoms with E-state index in [2.05, 4.69) is 19.6 Å². The minimum atomic E-state index is -0.605. The van der Waals surface area contributed by atoms with Crippen LogP contribution in [0.2, 0.25) is 0 Å². The molecule has 0 spiro atoms. The van der Waals surface area contributed by atoms with Crippen LogP contribution in [0.4, 0.5) is 0 Å². The van der Waals surface area contributed by atoms with Crippen molar-refractivity contribution in [1.82, 2.24) is 0 Å². The van der Waals surface area contributed by atoms with Crippen molar-refractivity contribution in [2.75, 3.05) is 13.2 Å². The van der Waals surface area contributed by atoms with Gasteiger partial charge in [0, 0.05) is 38.7 Å². The summed E-state index contributed by atoms with van der Waals surface area (Å²) >= 11 is 0. The Morgan fingerprint density at radius 3 is 1.19 bits per heavy atom. The molecule has 0 aromatic rings. The second-order valence-corrected chi connectivity index (χ2v) is 5.49. The molecule has 0 aliphatic heterocycles. The van der Waals surface area contributed by atoms with Gasteiger partial charge >= 0.3 is 11.9 Å². The van der Waals surface area contributed by atoms with Crippen LogP contribution >= 0.6 is 0 Å². The van der Waals surface area contributed by atoms with Crippen LogP contribution in [0, 0.1) is 0 Å². The average molecular weight is 555 g/mol. The van der Waals surface area contributed by atoms with Gasteiger partial charge in [-0.15, -0.1) is 0 Å². The summed E-state index contributed by atoms with van der Waals surface area (Å²) in [7, 11) is 0. The van der Waals surface area contributed by atoms with Gasteiger partial charge in [0.15, 0.2) is 0 Å². The molecule has 0 amide bonds. The molecule has 0 aliphatic rings. The van der Waals surface area contributed by atoms with Crippen molar-refractivity contribution in [3.05, 3.63) is 0 Å². The van der Waals surface area contributed by atoms with Crippen LogP contribution < -0.4 is 0 Å². The third-order valence-corrected chi connectivity index (χ3v) is 2.62. The van der Waals surface area contributed by atoms with Crippen molar-refractivity contribution >= 4 is 23.5 Å². The summed E-state index contributed by atoms with van der Waals surface area (Å²) in [5, 5.41) is 0. The first-order valence-corrected chi connectivity index (χ1v) is 9.09. The maximum atomic E-state index is 10.9. The second-order valence-electron chi connectivity index (χ2n) is 5.49. The first-order valence-electron chi connectivity index (χ1n) is 9.09. The quantitative estimate of drug-likeness (QED) is 0.106. The minimum absolute atomic E-state index is 0. The fraction of sp³-hybridized carbons (Fsp3) is 0.778. The van der Waals surface area contributed by atoms with Crippen molar-refractivity contribution in [3.8, 4) is 0 Å². The first kappa shape index (κ1) is 30.8. The van der Waals surface area contributed by atoms with Crippen LogP contribution in [0.5, 0.6) is 0 Å². The minimum Gasteiger partial charge on any atom is -0.299 e. The van der Waals surface area contributed by atoms with Gasteiger partial charge in [0.2, 0.25) is 0 Å². The van der Waals surface area contributed by atoms with Crippen molar-refractivity contribution in [2.45, 2.75) is 79.1 Å². The van der Waals surface area contributed by atoms with E-state index in [0.29, 0.717) is 26.1 Å². The predicted octanol–water partition coefficient (Wildman–Crippen LogP) is 3.26. The molecule has 27 heavy (non-hydrogen) atoms. The molecule has 0 aromatic carbocycles. The van der Waals surface area contributed by atoms with E-state index in [1.807, 2.05) is 27.7 Å². The Bertz CT molecular complexity index is 374. The zero-order valence-electron chi connectivity index (χ0n) is 16.8. The Hall–Kier alpha value is -0.930. The molecule has 0 atom stereocenters. The van der Waals surface area contributed by atoms with Crippen molar-refractivity contribution in [2.24, 2.45) is 0 Å². The van der Waals surface area contributed by atoms with Crippen molar-refractivity contribution in [1.29, 1.82) is 0 Å². The first-order chi connectivity index (χ1) is 12.4. The molecule has 0 heterocycles. The summed E-state index contributed by atoms with van der Waals surface area (Å²) in [6, 6.07) is 0. The average Bonchev–Trinajstić information content (AvgIpc) is 2.56. The summed E-state index contributed by atoms with van der Waals surface area (Å²) in [6.45, 7) is 8.31. The van der Waals surface area contributed by atoms with E-state index in [4.69, 9.17) is 0 Å². The molecule has 0 bridgehead atoms. The Labute approximate surface area is 180 Å². The SMILES string of the molecule is CCCOOC(=O)CC(=O)CCC.CCCOOC(=O)CC(=O)CCC.[Hf].